The van der Waals surface area contributed by atoms with Gasteiger partial charge >= 0.3 is 0 Å². The maximum Gasteiger partial charge on any atom is 0.261 e. The first-order valence-electron chi connectivity index (χ1n) is 8.53. The van der Waals surface area contributed by atoms with Crippen molar-refractivity contribution in [3.05, 3.63) is 77.3 Å². The highest BCUT2D eigenvalue weighted by Gasteiger charge is 2.15. The quantitative estimate of drug-likeness (QED) is 0.524. The summed E-state index contributed by atoms with van der Waals surface area (Å²) >= 11 is 0. The maximum atomic E-state index is 12.8. The minimum Gasteiger partial charge on any atom is -0.495 e. The van der Waals surface area contributed by atoms with Crippen LogP contribution in [-0.4, -0.2) is 13.0 Å². The molecule has 0 bridgehead atoms. The van der Waals surface area contributed by atoms with Crippen LogP contribution >= 0.6 is 0 Å². The number of nitrogens with one attached hydrogen (secondary N) is 2. The number of amides is 1. The summed E-state index contributed by atoms with van der Waals surface area (Å²) in [6.45, 7) is 1.93. The molecule has 27 heavy (non-hydrogen) atoms. The smallest absolute Gasteiger partial charge is 0.261 e. The summed E-state index contributed by atoms with van der Waals surface area (Å²) in [7, 11) is 1.55. The Morgan fingerprint density at radius 1 is 1.04 bits per heavy atom. The van der Waals surface area contributed by atoms with Gasteiger partial charge < -0.3 is 14.5 Å². The largest absolute Gasteiger partial charge is 0.495 e. The molecule has 0 saturated carbocycles. The van der Waals surface area contributed by atoms with Gasteiger partial charge in [0.05, 0.1) is 12.8 Å². The van der Waals surface area contributed by atoms with Crippen molar-refractivity contribution in [3.8, 4) is 5.75 Å². The Hall–Kier alpha value is -3.60. The van der Waals surface area contributed by atoms with Crippen molar-refractivity contribution in [2.45, 2.75) is 6.92 Å². The molecular weight excluding hydrogens is 340 g/mol. The number of hydrogen-bond donors (Lipinski definition) is 2. The number of benzene rings is 3. The molecule has 0 unspecified atom stereocenters. The Morgan fingerprint density at radius 2 is 1.85 bits per heavy atom. The average Bonchev–Trinajstić information content (AvgIpc) is 2.67. The molecule has 0 aliphatic rings. The third-order valence-corrected chi connectivity index (χ3v) is 4.52. The summed E-state index contributed by atoms with van der Waals surface area (Å²) in [6.07, 6.45) is 0. The van der Waals surface area contributed by atoms with Crippen LogP contribution in [0.1, 0.15) is 15.9 Å². The second-order valence-electron chi connectivity index (χ2n) is 6.35. The number of methoxy groups -OCH3 is 1. The number of rotatable bonds is 3. The normalized spacial score (nSPS) is 10.9. The molecule has 4 rings (SSSR count). The number of fused-ring (bicyclic) bond motifs is 3. The van der Waals surface area contributed by atoms with Gasteiger partial charge in [0.25, 0.3) is 5.91 Å². The second kappa shape index (κ2) is 6.61. The van der Waals surface area contributed by atoms with Crippen LogP contribution in [0.25, 0.3) is 21.7 Å². The Bertz CT molecular complexity index is 1240. The summed E-state index contributed by atoms with van der Waals surface area (Å²) in [5, 5.41) is 13.8. The number of hydrogen-bond acceptors (Lipinski definition) is 4. The molecule has 134 valence electrons. The lowest BCUT2D eigenvalue weighted by molar-refractivity contribution is 0.102. The van der Waals surface area contributed by atoms with Gasteiger partial charge in [-0.3, -0.25) is 10.2 Å². The van der Waals surface area contributed by atoms with E-state index in [1.54, 1.807) is 19.2 Å². The lowest BCUT2D eigenvalue weighted by atomic mass is 10.0. The van der Waals surface area contributed by atoms with Gasteiger partial charge in [-0.15, -0.1) is 0 Å². The number of carbonyl (C=O) groups is 1. The Balaban J connectivity index is 1.82. The maximum absolute atomic E-state index is 12.8. The lowest BCUT2D eigenvalue weighted by Gasteiger charge is -2.11. The van der Waals surface area contributed by atoms with E-state index in [0.29, 0.717) is 17.0 Å². The van der Waals surface area contributed by atoms with Crippen LogP contribution in [0.4, 0.5) is 5.69 Å². The molecule has 5 nitrogen and oxygen atoms in total. The van der Waals surface area contributed by atoms with E-state index < -0.39 is 5.91 Å². The molecule has 3 aromatic carbocycles. The monoisotopic (exact) mass is 358 g/mol. The van der Waals surface area contributed by atoms with Gasteiger partial charge in [-0.1, -0.05) is 36.4 Å². The fourth-order valence-corrected chi connectivity index (χ4v) is 3.17. The van der Waals surface area contributed by atoms with E-state index in [-0.39, 0.29) is 11.1 Å². The number of ether oxygens (including phenoxy) is 1. The number of anilines is 1. The van der Waals surface area contributed by atoms with Crippen molar-refractivity contribution in [2.75, 3.05) is 12.4 Å². The molecule has 2 N–H and O–H groups in total. The van der Waals surface area contributed by atoms with Crippen LogP contribution in [0.2, 0.25) is 0 Å². The van der Waals surface area contributed by atoms with Gasteiger partial charge in [0, 0.05) is 5.39 Å². The van der Waals surface area contributed by atoms with E-state index >= 15 is 0 Å². The predicted molar refractivity (Wildman–Crippen MR) is 105 cm³/mol. The van der Waals surface area contributed by atoms with Crippen LogP contribution in [-0.2, 0) is 0 Å². The Morgan fingerprint density at radius 3 is 2.67 bits per heavy atom. The van der Waals surface area contributed by atoms with Crippen LogP contribution in [0.15, 0.2) is 65.1 Å². The first-order valence-corrected chi connectivity index (χ1v) is 8.53. The molecule has 0 atom stereocenters. The summed E-state index contributed by atoms with van der Waals surface area (Å²) in [6, 6.07) is 18.9. The summed E-state index contributed by atoms with van der Waals surface area (Å²) < 4.78 is 10.9. The fraction of sp³-hybridized carbons (Fsp3) is 0.0909. The summed E-state index contributed by atoms with van der Waals surface area (Å²) in [4.78, 5) is 12.8. The van der Waals surface area contributed by atoms with Crippen molar-refractivity contribution in [1.82, 2.24) is 0 Å². The highest BCUT2D eigenvalue weighted by Crippen LogP contribution is 2.27. The molecule has 1 aromatic heterocycles. The minimum absolute atomic E-state index is 0.169. The van der Waals surface area contributed by atoms with Crippen LogP contribution in [0, 0.1) is 12.3 Å². The van der Waals surface area contributed by atoms with Crippen LogP contribution < -0.4 is 15.6 Å². The number of aryl methyl sites for hydroxylation is 1. The van der Waals surface area contributed by atoms with Crippen molar-refractivity contribution < 1.29 is 13.9 Å². The zero-order valence-electron chi connectivity index (χ0n) is 15.0. The van der Waals surface area contributed by atoms with Crippen LogP contribution in [0.3, 0.4) is 0 Å². The van der Waals surface area contributed by atoms with E-state index in [0.717, 1.165) is 21.7 Å². The van der Waals surface area contributed by atoms with Gasteiger partial charge in [-0.25, -0.2) is 0 Å². The molecule has 1 heterocycles. The van der Waals surface area contributed by atoms with Gasteiger partial charge in [-0.2, -0.15) is 0 Å². The number of carbonyl (C=O) groups excluding carboxylic acids is 1. The van der Waals surface area contributed by atoms with Gasteiger partial charge in [0.2, 0.25) is 5.55 Å². The van der Waals surface area contributed by atoms with Crippen molar-refractivity contribution >= 4 is 33.3 Å². The van der Waals surface area contributed by atoms with Crippen molar-refractivity contribution in [2.24, 2.45) is 0 Å². The first kappa shape index (κ1) is 16.8. The Labute approximate surface area is 155 Å². The fourth-order valence-electron chi connectivity index (χ4n) is 3.17. The van der Waals surface area contributed by atoms with Gasteiger partial charge in [0.15, 0.2) is 0 Å². The molecule has 0 aliphatic heterocycles. The molecule has 0 aliphatic carbocycles. The second-order valence-corrected chi connectivity index (χ2v) is 6.35. The third-order valence-electron chi connectivity index (χ3n) is 4.52. The predicted octanol–water partition coefficient (Wildman–Crippen LogP) is 4.63. The average molecular weight is 358 g/mol. The molecule has 0 saturated heterocycles. The van der Waals surface area contributed by atoms with E-state index in [1.165, 1.54) is 0 Å². The summed E-state index contributed by atoms with van der Waals surface area (Å²) in [5.41, 5.74) is 2.11. The Kier molecular flexibility index (Phi) is 4.12. The molecule has 0 fully saturated rings. The van der Waals surface area contributed by atoms with Crippen LogP contribution in [0.5, 0.6) is 5.75 Å². The molecule has 0 spiro atoms. The van der Waals surface area contributed by atoms with Crippen molar-refractivity contribution in [1.29, 1.82) is 5.41 Å². The van der Waals surface area contributed by atoms with Gasteiger partial charge in [0.1, 0.15) is 16.9 Å². The molecular formula is C22H18N2O3. The minimum atomic E-state index is -0.414. The highest BCUT2D eigenvalue weighted by molar-refractivity contribution is 6.10. The van der Waals surface area contributed by atoms with E-state index in [9.17, 15) is 4.79 Å². The molecule has 0 radical (unpaired) electrons. The standard InChI is InChI=1S/C22H18N2O3/c1-13-7-9-20(26-2)18(11-13)24-22(25)17-12-16-15-6-4-3-5-14(15)8-10-19(16)27-21(17)23/h3-12,23H,1-2H3,(H,24,25). The first-order chi connectivity index (χ1) is 13.1. The zero-order valence-corrected chi connectivity index (χ0v) is 15.0. The molecule has 5 heteroatoms. The van der Waals surface area contributed by atoms with E-state index in [1.807, 2.05) is 55.5 Å². The van der Waals surface area contributed by atoms with E-state index in [2.05, 4.69) is 5.32 Å². The van der Waals surface area contributed by atoms with Crippen molar-refractivity contribution in [3.63, 3.8) is 0 Å². The lowest BCUT2D eigenvalue weighted by Crippen LogP contribution is -2.21. The zero-order chi connectivity index (χ0) is 19.0. The van der Waals surface area contributed by atoms with Gasteiger partial charge in [-0.05, 0) is 47.5 Å². The third kappa shape index (κ3) is 3.04. The van der Waals surface area contributed by atoms with E-state index in [4.69, 9.17) is 14.6 Å². The topological polar surface area (TPSA) is 75.3 Å². The summed E-state index contributed by atoms with van der Waals surface area (Å²) in [5.74, 6) is 0.145. The highest BCUT2D eigenvalue weighted by atomic mass is 16.5. The molecule has 1 amide bonds. The molecule has 4 aromatic rings. The SMILES string of the molecule is COc1ccc(C)cc1NC(=O)c1cc2c(ccc3ccccc32)oc1=N.